The average Bonchev–Trinajstić information content (AvgIpc) is 3.29. The Kier molecular flexibility index (Phi) is 7.00. The molecular formula is C26H31N3O3S. The second kappa shape index (κ2) is 9.93. The van der Waals surface area contributed by atoms with Gasteiger partial charge in [0, 0.05) is 31.6 Å². The summed E-state index contributed by atoms with van der Waals surface area (Å²) in [7, 11) is 3.04. The van der Waals surface area contributed by atoms with Crippen LogP contribution in [0.2, 0.25) is 0 Å². The van der Waals surface area contributed by atoms with Gasteiger partial charge in [0.15, 0.2) is 0 Å². The van der Waals surface area contributed by atoms with Crippen molar-refractivity contribution in [1.29, 1.82) is 0 Å². The van der Waals surface area contributed by atoms with E-state index in [1.165, 1.54) is 12.6 Å². The summed E-state index contributed by atoms with van der Waals surface area (Å²) in [6.07, 6.45) is 1.67. The smallest absolute Gasteiger partial charge is 0.343 e. The molecule has 0 unspecified atom stereocenters. The fourth-order valence-electron chi connectivity index (χ4n) is 4.19. The Bertz CT molecular complexity index is 1080. The van der Waals surface area contributed by atoms with E-state index in [1.54, 1.807) is 23.3 Å². The zero-order valence-electron chi connectivity index (χ0n) is 19.6. The minimum Gasteiger partial charge on any atom is -0.497 e. The summed E-state index contributed by atoms with van der Waals surface area (Å²) < 4.78 is 5.34. The Balaban J connectivity index is 1.66. The molecule has 7 heteroatoms. The molecule has 33 heavy (non-hydrogen) atoms. The van der Waals surface area contributed by atoms with E-state index in [-0.39, 0.29) is 6.03 Å². The summed E-state index contributed by atoms with van der Waals surface area (Å²) in [6, 6.07) is 16.5. The molecule has 0 spiro atoms. The van der Waals surface area contributed by atoms with E-state index in [4.69, 9.17) is 9.72 Å². The number of likely N-dealkylation sites (tertiary alicyclic amines) is 1. The van der Waals surface area contributed by atoms with Gasteiger partial charge in [-0.3, -0.25) is 5.21 Å². The Morgan fingerprint density at radius 2 is 1.70 bits per heavy atom. The first-order valence-electron chi connectivity index (χ1n) is 11.3. The van der Waals surface area contributed by atoms with E-state index in [2.05, 4.69) is 50.2 Å². The van der Waals surface area contributed by atoms with E-state index in [0.29, 0.717) is 30.0 Å². The number of ether oxygens (including phenoxy) is 1. The number of piperidine rings is 1. The topological polar surface area (TPSA) is 65.9 Å². The number of amides is 2. The van der Waals surface area contributed by atoms with Gasteiger partial charge < -0.3 is 9.64 Å². The monoisotopic (exact) mass is 465 g/mol. The molecule has 1 fully saturated rings. The maximum atomic E-state index is 12.1. The number of carbonyl (C=O) groups is 1. The van der Waals surface area contributed by atoms with Crippen molar-refractivity contribution in [2.24, 2.45) is 0 Å². The number of rotatable bonds is 5. The van der Waals surface area contributed by atoms with Crippen LogP contribution < -0.4 is 4.74 Å². The normalized spacial score (nSPS) is 14.5. The highest BCUT2D eigenvalue weighted by Crippen LogP contribution is 2.42. The maximum Gasteiger partial charge on any atom is 0.343 e. The third kappa shape index (κ3) is 5.04. The van der Waals surface area contributed by atoms with Crippen molar-refractivity contribution in [1.82, 2.24) is 14.9 Å². The summed E-state index contributed by atoms with van der Waals surface area (Å²) >= 11 is 1.74. The molecule has 0 aliphatic carbocycles. The lowest BCUT2D eigenvalue weighted by Gasteiger charge is -2.32. The van der Waals surface area contributed by atoms with E-state index in [0.717, 1.165) is 45.3 Å². The Morgan fingerprint density at radius 3 is 2.24 bits per heavy atom. The lowest BCUT2D eigenvalue weighted by molar-refractivity contribution is -0.0356. The van der Waals surface area contributed by atoms with Crippen LogP contribution in [0.4, 0.5) is 4.79 Å². The summed E-state index contributed by atoms with van der Waals surface area (Å²) in [5, 5.41) is 11.2. The third-order valence-electron chi connectivity index (χ3n) is 6.24. The number of thiazole rings is 1. The standard InChI is InChI=1S/C26H31N3O3S/c1-17(2)18-5-7-19(8-6-18)23-24(20-9-11-22(32-4)12-10-20)33-25(27-23)21-13-15-29(16-14-21)26(30)28(3)31/h5-12,17,21,31H,13-16H2,1-4H3. The summed E-state index contributed by atoms with van der Waals surface area (Å²) in [5.74, 6) is 1.61. The number of hydrogen-bond acceptors (Lipinski definition) is 5. The van der Waals surface area contributed by atoms with E-state index >= 15 is 0 Å². The number of aromatic nitrogens is 1. The van der Waals surface area contributed by atoms with Crippen LogP contribution in [0.1, 0.15) is 49.1 Å². The van der Waals surface area contributed by atoms with E-state index in [9.17, 15) is 10.0 Å². The average molecular weight is 466 g/mol. The summed E-state index contributed by atoms with van der Waals surface area (Å²) in [5.41, 5.74) is 4.55. The highest BCUT2D eigenvalue weighted by Gasteiger charge is 2.28. The first-order chi connectivity index (χ1) is 15.9. The van der Waals surface area contributed by atoms with Crippen LogP contribution >= 0.6 is 11.3 Å². The van der Waals surface area contributed by atoms with Gasteiger partial charge in [0.2, 0.25) is 0 Å². The fraction of sp³-hybridized carbons (Fsp3) is 0.385. The largest absolute Gasteiger partial charge is 0.497 e. The number of nitrogens with zero attached hydrogens (tertiary/aromatic N) is 3. The van der Waals surface area contributed by atoms with Crippen LogP contribution in [-0.2, 0) is 0 Å². The third-order valence-corrected chi connectivity index (χ3v) is 7.51. The van der Waals surface area contributed by atoms with Gasteiger partial charge in [-0.15, -0.1) is 11.3 Å². The lowest BCUT2D eigenvalue weighted by Crippen LogP contribution is -2.43. The molecular weight excluding hydrogens is 434 g/mol. The molecule has 0 radical (unpaired) electrons. The summed E-state index contributed by atoms with van der Waals surface area (Å²) in [6.45, 7) is 5.63. The quantitative estimate of drug-likeness (QED) is 0.358. The first kappa shape index (κ1) is 23.3. The van der Waals surface area contributed by atoms with Crippen LogP contribution in [0, 0.1) is 0 Å². The van der Waals surface area contributed by atoms with Crippen molar-refractivity contribution in [3.63, 3.8) is 0 Å². The highest BCUT2D eigenvalue weighted by molar-refractivity contribution is 7.15. The minimum atomic E-state index is -0.350. The first-order valence-corrected chi connectivity index (χ1v) is 12.2. The molecule has 0 saturated carbocycles. The molecule has 2 heterocycles. The molecule has 174 valence electrons. The number of hydroxylamine groups is 2. The van der Waals surface area contributed by atoms with Crippen LogP contribution in [-0.4, -0.2) is 53.4 Å². The second-order valence-corrected chi connectivity index (χ2v) is 9.83. The SMILES string of the molecule is COc1ccc(-c2sc(C3CCN(C(=O)N(C)O)CC3)nc2-c2ccc(C(C)C)cc2)cc1. The van der Waals surface area contributed by atoms with Crippen LogP contribution in [0.3, 0.4) is 0 Å². The van der Waals surface area contributed by atoms with Gasteiger partial charge in [-0.1, -0.05) is 38.1 Å². The van der Waals surface area contributed by atoms with E-state index in [1.807, 2.05) is 12.1 Å². The molecule has 2 aromatic carbocycles. The molecule has 3 aromatic rings. The molecule has 2 amide bonds. The van der Waals surface area contributed by atoms with Gasteiger partial charge in [-0.2, -0.15) is 0 Å². The highest BCUT2D eigenvalue weighted by atomic mass is 32.1. The van der Waals surface area contributed by atoms with Gasteiger partial charge in [-0.05, 0) is 54.2 Å². The molecule has 1 saturated heterocycles. The molecule has 4 rings (SSSR count). The van der Waals surface area contributed by atoms with E-state index < -0.39 is 0 Å². The van der Waals surface area contributed by atoms with Crippen molar-refractivity contribution < 1.29 is 14.7 Å². The minimum absolute atomic E-state index is 0.295. The predicted octanol–water partition coefficient (Wildman–Crippen LogP) is 6.23. The molecule has 0 atom stereocenters. The van der Waals surface area contributed by atoms with Crippen molar-refractivity contribution >= 4 is 17.4 Å². The Morgan fingerprint density at radius 1 is 1.09 bits per heavy atom. The number of benzene rings is 2. The number of carbonyl (C=O) groups excluding carboxylic acids is 1. The molecule has 1 aliphatic heterocycles. The lowest BCUT2D eigenvalue weighted by atomic mass is 9.97. The number of urea groups is 1. The van der Waals surface area contributed by atoms with Crippen LogP contribution in [0.15, 0.2) is 48.5 Å². The van der Waals surface area contributed by atoms with Gasteiger partial charge in [-0.25, -0.2) is 14.8 Å². The van der Waals surface area contributed by atoms with Crippen LogP contribution in [0.5, 0.6) is 5.75 Å². The number of hydrogen-bond donors (Lipinski definition) is 1. The van der Waals surface area contributed by atoms with Gasteiger partial charge >= 0.3 is 6.03 Å². The van der Waals surface area contributed by atoms with Gasteiger partial charge in [0.25, 0.3) is 0 Å². The molecule has 1 aromatic heterocycles. The summed E-state index contributed by atoms with van der Waals surface area (Å²) in [4.78, 5) is 20.0. The molecule has 1 N–H and O–H groups in total. The van der Waals surface area contributed by atoms with Crippen LogP contribution in [0.25, 0.3) is 21.7 Å². The predicted molar refractivity (Wildman–Crippen MR) is 132 cm³/mol. The van der Waals surface area contributed by atoms with Crippen molar-refractivity contribution in [2.45, 2.75) is 38.5 Å². The van der Waals surface area contributed by atoms with Crippen molar-refractivity contribution in [2.75, 3.05) is 27.2 Å². The molecule has 0 bridgehead atoms. The fourth-order valence-corrected chi connectivity index (χ4v) is 5.46. The van der Waals surface area contributed by atoms with Gasteiger partial charge in [0.1, 0.15) is 5.75 Å². The maximum absolute atomic E-state index is 12.1. The van der Waals surface area contributed by atoms with Gasteiger partial charge in [0.05, 0.1) is 22.7 Å². The van der Waals surface area contributed by atoms with Crippen molar-refractivity contribution in [3.8, 4) is 27.4 Å². The zero-order chi connectivity index (χ0) is 23.5. The Labute approximate surface area is 199 Å². The Hall–Kier alpha value is -2.90. The molecule has 1 aliphatic rings. The molecule has 6 nitrogen and oxygen atoms in total. The number of methoxy groups -OCH3 is 1. The second-order valence-electron chi connectivity index (χ2n) is 8.80. The van der Waals surface area contributed by atoms with Crippen molar-refractivity contribution in [3.05, 3.63) is 59.1 Å². The zero-order valence-corrected chi connectivity index (χ0v) is 20.4.